The summed E-state index contributed by atoms with van der Waals surface area (Å²) >= 11 is 0. The zero-order valence-electron chi connectivity index (χ0n) is 10.9. The number of nitrogens with two attached hydrogens (primary N) is 1. The van der Waals surface area contributed by atoms with Gasteiger partial charge in [-0.25, -0.2) is 4.39 Å². The van der Waals surface area contributed by atoms with Crippen molar-refractivity contribution in [3.05, 3.63) is 29.8 Å². The zero-order valence-corrected chi connectivity index (χ0v) is 10.9. The number of ether oxygens (including phenoxy) is 2. The molecule has 1 heterocycles. The first-order valence-corrected chi connectivity index (χ1v) is 5.88. The third-order valence-corrected chi connectivity index (χ3v) is 2.69. The van der Waals surface area contributed by atoms with E-state index in [2.05, 4.69) is 4.74 Å². The molecule has 1 saturated heterocycles. The lowest BCUT2D eigenvalue weighted by atomic mass is 10.2. The van der Waals surface area contributed by atoms with Crippen LogP contribution in [-0.2, 0) is 9.53 Å². The highest BCUT2D eigenvalue weighted by Gasteiger charge is 2.25. The molecule has 1 aliphatic rings. The molecule has 1 amide bonds. The van der Waals surface area contributed by atoms with Crippen molar-refractivity contribution in [1.29, 1.82) is 0 Å². The minimum absolute atomic E-state index is 0.0694. The molecule has 2 N–H and O–H groups in total. The lowest BCUT2D eigenvalue weighted by molar-refractivity contribution is -0.128. The van der Waals surface area contributed by atoms with Crippen molar-refractivity contribution >= 4 is 5.91 Å². The Kier molecular flexibility index (Phi) is 5.69. The van der Waals surface area contributed by atoms with Gasteiger partial charge in [-0.2, -0.15) is 4.39 Å². The van der Waals surface area contributed by atoms with Crippen LogP contribution in [0.5, 0.6) is 5.75 Å². The van der Waals surface area contributed by atoms with Crippen molar-refractivity contribution in [3.8, 4) is 5.75 Å². The van der Waals surface area contributed by atoms with Gasteiger partial charge in [0.1, 0.15) is 6.10 Å². The fraction of sp³-hybridized carbons (Fsp3) is 0.462. The predicted octanol–water partition coefficient (Wildman–Crippen LogP) is 2.01. The van der Waals surface area contributed by atoms with Gasteiger partial charge in [0.2, 0.25) is 11.7 Å². The van der Waals surface area contributed by atoms with E-state index in [9.17, 15) is 13.6 Å². The van der Waals surface area contributed by atoms with E-state index in [1.165, 1.54) is 19.2 Å². The van der Waals surface area contributed by atoms with Gasteiger partial charge in [-0.05, 0) is 31.9 Å². The molecule has 0 spiro atoms. The fourth-order valence-electron chi connectivity index (χ4n) is 1.65. The van der Waals surface area contributed by atoms with Gasteiger partial charge in [0.05, 0.1) is 13.2 Å². The maximum atomic E-state index is 12.5. The number of benzene rings is 1. The molecule has 0 aliphatic carbocycles. The van der Waals surface area contributed by atoms with Crippen molar-refractivity contribution in [1.82, 2.24) is 0 Å². The van der Waals surface area contributed by atoms with Crippen LogP contribution in [0.4, 0.5) is 8.78 Å². The Bertz CT molecular complexity index is 440. The van der Waals surface area contributed by atoms with Crippen LogP contribution in [0.25, 0.3) is 0 Å². The van der Waals surface area contributed by atoms with E-state index in [0.29, 0.717) is 0 Å². The monoisotopic (exact) mass is 273 g/mol. The van der Waals surface area contributed by atoms with E-state index < -0.39 is 11.6 Å². The smallest absolute Gasteiger partial charge is 0.246 e. The standard InChI is InChI=1S/C7H6F2O.C6H11NO2/c1-10-6-4-2-3-5(8)7(6)9;1-4-2-3-5(9-4)6(7)8/h2-4H,1H3;4-5H,2-3H2,1H3,(H2,7,8). The maximum Gasteiger partial charge on any atom is 0.246 e. The summed E-state index contributed by atoms with van der Waals surface area (Å²) in [5, 5.41) is 0. The topological polar surface area (TPSA) is 61.6 Å². The van der Waals surface area contributed by atoms with E-state index >= 15 is 0 Å². The average Bonchev–Trinajstić information content (AvgIpc) is 2.80. The molecule has 1 aromatic carbocycles. The number of amides is 1. The highest BCUT2D eigenvalue weighted by Crippen LogP contribution is 2.18. The van der Waals surface area contributed by atoms with E-state index in [1.807, 2.05) is 6.92 Å². The first-order valence-electron chi connectivity index (χ1n) is 5.88. The Morgan fingerprint density at radius 1 is 1.42 bits per heavy atom. The summed E-state index contributed by atoms with van der Waals surface area (Å²) < 4.78 is 34.5. The molecular weight excluding hydrogens is 256 g/mol. The number of halogens is 2. The fourth-order valence-corrected chi connectivity index (χ4v) is 1.65. The van der Waals surface area contributed by atoms with Crippen LogP contribution < -0.4 is 10.5 Å². The number of carbonyl (C=O) groups excluding carboxylic acids is 1. The molecular formula is C13H17F2NO3. The highest BCUT2D eigenvalue weighted by molar-refractivity contribution is 5.79. The molecule has 0 radical (unpaired) electrons. The highest BCUT2D eigenvalue weighted by atomic mass is 19.2. The molecule has 2 unspecified atom stereocenters. The number of hydrogen-bond donors (Lipinski definition) is 1. The number of rotatable bonds is 2. The Morgan fingerprint density at radius 2 is 2.11 bits per heavy atom. The van der Waals surface area contributed by atoms with Crippen LogP contribution in [0, 0.1) is 11.6 Å². The molecule has 0 saturated carbocycles. The second-order valence-corrected chi connectivity index (χ2v) is 4.17. The summed E-state index contributed by atoms with van der Waals surface area (Å²) in [4.78, 5) is 10.4. The normalized spacial score (nSPS) is 21.5. The van der Waals surface area contributed by atoms with E-state index in [-0.39, 0.29) is 23.9 Å². The van der Waals surface area contributed by atoms with E-state index in [0.717, 1.165) is 18.9 Å². The van der Waals surface area contributed by atoms with Gasteiger partial charge < -0.3 is 15.2 Å². The van der Waals surface area contributed by atoms with Crippen LogP contribution in [0.15, 0.2) is 18.2 Å². The molecule has 0 bridgehead atoms. The van der Waals surface area contributed by atoms with Crippen molar-refractivity contribution in [2.75, 3.05) is 7.11 Å². The van der Waals surface area contributed by atoms with Gasteiger partial charge in [-0.1, -0.05) is 6.07 Å². The minimum atomic E-state index is -0.940. The molecule has 1 aromatic rings. The lowest BCUT2D eigenvalue weighted by Gasteiger charge is -2.04. The predicted molar refractivity (Wildman–Crippen MR) is 65.7 cm³/mol. The van der Waals surface area contributed by atoms with Crippen LogP contribution in [0.2, 0.25) is 0 Å². The van der Waals surface area contributed by atoms with E-state index in [1.54, 1.807) is 0 Å². The second-order valence-electron chi connectivity index (χ2n) is 4.17. The largest absolute Gasteiger partial charge is 0.494 e. The van der Waals surface area contributed by atoms with Crippen molar-refractivity contribution in [2.24, 2.45) is 5.73 Å². The summed E-state index contributed by atoms with van der Waals surface area (Å²) in [6.45, 7) is 1.95. The SMILES string of the molecule is CC1CCC(C(N)=O)O1.COc1cccc(F)c1F. The summed E-state index contributed by atoms with van der Waals surface area (Å²) in [5.74, 6) is -2.23. The Labute approximate surface area is 110 Å². The van der Waals surface area contributed by atoms with Crippen LogP contribution in [0.3, 0.4) is 0 Å². The van der Waals surface area contributed by atoms with Gasteiger partial charge in [0.15, 0.2) is 11.6 Å². The summed E-state index contributed by atoms with van der Waals surface area (Å²) in [5.41, 5.74) is 5.00. The molecule has 2 atom stereocenters. The average molecular weight is 273 g/mol. The lowest BCUT2D eigenvalue weighted by Crippen LogP contribution is -2.28. The van der Waals surface area contributed by atoms with Crippen LogP contribution in [-0.4, -0.2) is 25.2 Å². The quantitative estimate of drug-likeness (QED) is 0.896. The van der Waals surface area contributed by atoms with Crippen molar-refractivity contribution < 1.29 is 23.0 Å². The maximum absolute atomic E-state index is 12.5. The van der Waals surface area contributed by atoms with Gasteiger partial charge in [-0.15, -0.1) is 0 Å². The van der Waals surface area contributed by atoms with Crippen molar-refractivity contribution in [2.45, 2.75) is 32.0 Å². The molecule has 2 rings (SSSR count). The van der Waals surface area contributed by atoms with Gasteiger partial charge in [0, 0.05) is 0 Å². The van der Waals surface area contributed by atoms with Crippen LogP contribution >= 0.6 is 0 Å². The minimum Gasteiger partial charge on any atom is -0.494 e. The number of methoxy groups -OCH3 is 1. The Morgan fingerprint density at radius 3 is 2.47 bits per heavy atom. The third-order valence-electron chi connectivity index (χ3n) is 2.69. The molecule has 4 nitrogen and oxygen atoms in total. The van der Waals surface area contributed by atoms with Gasteiger partial charge in [0.25, 0.3) is 0 Å². The van der Waals surface area contributed by atoms with Gasteiger partial charge in [-0.3, -0.25) is 4.79 Å². The summed E-state index contributed by atoms with van der Waals surface area (Å²) in [6.07, 6.45) is 1.63. The van der Waals surface area contributed by atoms with Crippen LogP contribution in [0.1, 0.15) is 19.8 Å². The molecule has 19 heavy (non-hydrogen) atoms. The number of carbonyl (C=O) groups is 1. The summed E-state index contributed by atoms with van der Waals surface area (Å²) in [6, 6.07) is 3.79. The molecule has 1 fully saturated rings. The molecule has 106 valence electrons. The first kappa shape index (κ1) is 15.4. The second kappa shape index (κ2) is 7.04. The van der Waals surface area contributed by atoms with E-state index in [4.69, 9.17) is 10.5 Å². The third kappa shape index (κ3) is 4.48. The first-order chi connectivity index (χ1) is 8.95. The molecule has 1 aliphatic heterocycles. The Hall–Kier alpha value is -1.69. The zero-order chi connectivity index (χ0) is 14.4. The van der Waals surface area contributed by atoms with Crippen molar-refractivity contribution in [3.63, 3.8) is 0 Å². The Balaban J connectivity index is 0.000000191. The number of primary amides is 1. The molecule has 6 heteroatoms. The summed E-state index contributed by atoms with van der Waals surface area (Å²) in [7, 11) is 1.29. The molecule has 0 aromatic heterocycles. The number of hydrogen-bond acceptors (Lipinski definition) is 3. The van der Waals surface area contributed by atoms with Gasteiger partial charge >= 0.3 is 0 Å².